The SMILES string of the molecule is Cl.O=S1(=O)CCC(NC2CC2)C1. The molecule has 3 nitrogen and oxygen atoms in total. The van der Waals surface area contributed by atoms with Crippen LogP contribution in [-0.4, -0.2) is 32.0 Å². The van der Waals surface area contributed by atoms with E-state index in [1.165, 1.54) is 12.8 Å². The van der Waals surface area contributed by atoms with Gasteiger partial charge in [-0.1, -0.05) is 0 Å². The van der Waals surface area contributed by atoms with Crippen LogP contribution >= 0.6 is 12.4 Å². The second-order valence-corrected chi connectivity index (χ2v) is 5.77. The Morgan fingerprint density at radius 1 is 1.08 bits per heavy atom. The van der Waals surface area contributed by atoms with Crippen LogP contribution in [0.25, 0.3) is 0 Å². The van der Waals surface area contributed by atoms with Crippen LogP contribution < -0.4 is 5.32 Å². The molecule has 1 heterocycles. The van der Waals surface area contributed by atoms with Crippen LogP contribution in [0.15, 0.2) is 0 Å². The van der Waals surface area contributed by atoms with Gasteiger partial charge >= 0.3 is 0 Å². The monoisotopic (exact) mass is 211 g/mol. The topological polar surface area (TPSA) is 46.2 Å². The van der Waals surface area contributed by atoms with Gasteiger partial charge in [0.15, 0.2) is 9.84 Å². The maximum atomic E-state index is 11.0. The van der Waals surface area contributed by atoms with Crippen molar-refractivity contribution in [2.24, 2.45) is 0 Å². The third-order valence-corrected chi connectivity index (χ3v) is 4.05. The van der Waals surface area contributed by atoms with E-state index in [1.54, 1.807) is 0 Å². The van der Waals surface area contributed by atoms with E-state index in [2.05, 4.69) is 5.32 Å². The summed E-state index contributed by atoms with van der Waals surface area (Å²) in [5.41, 5.74) is 0. The van der Waals surface area contributed by atoms with Gasteiger partial charge in [0.2, 0.25) is 0 Å². The first-order valence-electron chi connectivity index (χ1n) is 4.12. The van der Waals surface area contributed by atoms with E-state index in [9.17, 15) is 8.42 Å². The molecule has 0 aromatic heterocycles. The third kappa shape index (κ3) is 2.61. The first-order valence-corrected chi connectivity index (χ1v) is 5.94. The van der Waals surface area contributed by atoms with Gasteiger partial charge in [-0.05, 0) is 19.3 Å². The average molecular weight is 212 g/mol. The molecule has 1 unspecified atom stereocenters. The summed E-state index contributed by atoms with van der Waals surface area (Å²) >= 11 is 0. The zero-order chi connectivity index (χ0) is 7.90. The van der Waals surface area contributed by atoms with Gasteiger partial charge in [0, 0.05) is 12.1 Å². The number of hydrogen-bond acceptors (Lipinski definition) is 3. The maximum Gasteiger partial charge on any atom is 0.151 e. The lowest BCUT2D eigenvalue weighted by Crippen LogP contribution is -2.31. The number of halogens is 1. The lowest BCUT2D eigenvalue weighted by Gasteiger charge is -2.07. The van der Waals surface area contributed by atoms with Crippen molar-refractivity contribution in [3.63, 3.8) is 0 Å². The van der Waals surface area contributed by atoms with E-state index in [1.807, 2.05) is 0 Å². The van der Waals surface area contributed by atoms with Crippen LogP contribution in [0.3, 0.4) is 0 Å². The lowest BCUT2D eigenvalue weighted by molar-refractivity contribution is 0.551. The quantitative estimate of drug-likeness (QED) is 0.717. The van der Waals surface area contributed by atoms with E-state index in [-0.39, 0.29) is 18.4 Å². The molecule has 72 valence electrons. The van der Waals surface area contributed by atoms with Crippen molar-refractivity contribution in [1.82, 2.24) is 5.32 Å². The summed E-state index contributed by atoms with van der Waals surface area (Å²) in [6.07, 6.45) is 3.28. The molecule has 1 saturated carbocycles. The van der Waals surface area contributed by atoms with Crippen molar-refractivity contribution in [3.8, 4) is 0 Å². The van der Waals surface area contributed by atoms with Crippen LogP contribution in [0.1, 0.15) is 19.3 Å². The number of nitrogens with one attached hydrogen (secondary N) is 1. The number of rotatable bonds is 2. The summed E-state index contributed by atoms with van der Waals surface area (Å²) in [6.45, 7) is 0. The normalized spacial score (nSPS) is 32.8. The van der Waals surface area contributed by atoms with Crippen molar-refractivity contribution in [3.05, 3.63) is 0 Å². The van der Waals surface area contributed by atoms with Gasteiger partial charge in [0.1, 0.15) is 0 Å². The average Bonchev–Trinajstić information content (AvgIpc) is 2.61. The van der Waals surface area contributed by atoms with Crippen molar-refractivity contribution < 1.29 is 8.42 Å². The predicted molar refractivity (Wildman–Crippen MR) is 50.5 cm³/mol. The van der Waals surface area contributed by atoms with Crippen molar-refractivity contribution in [1.29, 1.82) is 0 Å². The summed E-state index contributed by atoms with van der Waals surface area (Å²) in [7, 11) is -2.68. The Morgan fingerprint density at radius 3 is 2.17 bits per heavy atom. The molecule has 0 bridgehead atoms. The standard InChI is InChI=1S/C7H13NO2S.ClH/c9-11(10)4-3-7(5-11)8-6-1-2-6;/h6-8H,1-5H2;1H. The molecule has 2 aliphatic rings. The van der Waals surface area contributed by atoms with E-state index in [0.29, 0.717) is 17.5 Å². The van der Waals surface area contributed by atoms with Gasteiger partial charge in [0.05, 0.1) is 11.5 Å². The molecule has 1 N–H and O–H groups in total. The van der Waals surface area contributed by atoms with Crippen LogP contribution in [0.4, 0.5) is 0 Å². The molecule has 0 spiro atoms. The molecule has 1 saturated heterocycles. The fourth-order valence-electron chi connectivity index (χ4n) is 1.51. The van der Waals surface area contributed by atoms with Crippen molar-refractivity contribution >= 4 is 22.2 Å². The Balaban J connectivity index is 0.000000720. The number of sulfone groups is 1. The van der Waals surface area contributed by atoms with Gasteiger partial charge in [0.25, 0.3) is 0 Å². The zero-order valence-electron chi connectivity index (χ0n) is 6.82. The minimum absolute atomic E-state index is 0. The highest BCUT2D eigenvalue weighted by molar-refractivity contribution is 7.91. The molecule has 2 fully saturated rings. The van der Waals surface area contributed by atoms with Gasteiger partial charge in [-0.15, -0.1) is 12.4 Å². The highest BCUT2D eigenvalue weighted by Gasteiger charge is 2.32. The molecule has 12 heavy (non-hydrogen) atoms. The molecule has 0 amide bonds. The minimum atomic E-state index is -2.68. The highest BCUT2D eigenvalue weighted by atomic mass is 35.5. The maximum absolute atomic E-state index is 11.0. The van der Waals surface area contributed by atoms with Crippen molar-refractivity contribution in [2.45, 2.75) is 31.3 Å². The van der Waals surface area contributed by atoms with E-state index >= 15 is 0 Å². The summed E-state index contributed by atoms with van der Waals surface area (Å²) in [6, 6.07) is 0.890. The summed E-state index contributed by atoms with van der Waals surface area (Å²) in [5.74, 6) is 0.751. The van der Waals surface area contributed by atoms with Gasteiger partial charge < -0.3 is 5.32 Å². The zero-order valence-corrected chi connectivity index (χ0v) is 8.46. The fraction of sp³-hybridized carbons (Fsp3) is 1.00. The summed E-state index contributed by atoms with van der Waals surface area (Å²) in [4.78, 5) is 0. The van der Waals surface area contributed by atoms with Crippen molar-refractivity contribution in [2.75, 3.05) is 11.5 Å². The second-order valence-electron chi connectivity index (χ2n) is 3.54. The molecular formula is C7H14ClNO2S. The Hall–Kier alpha value is 0.200. The molecule has 1 aliphatic carbocycles. The predicted octanol–water partition coefficient (Wildman–Crippen LogP) is 0.347. The second kappa shape index (κ2) is 3.52. The Bertz CT molecular complexity index is 248. The fourth-order valence-corrected chi connectivity index (χ4v) is 3.20. The Labute approximate surface area is 79.2 Å². The molecular weight excluding hydrogens is 198 g/mol. The van der Waals surface area contributed by atoms with Gasteiger partial charge in [-0.2, -0.15) is 0 Å². The van der Waals surface area contributed by atoms with Crippen LogP contribution in [0.2, 0.25) is 0 Å². The lowest BCUT2D eigenvalue weighted by atomic mass is 10.2. The van der Waals surface area contributed by atoms with E-state index < -0.39 is 9.84 Å². The summed E-state index contributed by atoms with van der Waals surface area (Å²) < 4.78 is 22.0. The van der Waals surface area contributed by atoms with Crippen LogP contribution in [0, 0.1) is 0 Å². The Kier molecular flexibility index (Phi) is 3.01. The Morgan fingerprint density at radius 2 is 1.75 bits per heavy atom. The van der Waals surface area contributed by atoms with Crippen LogP contribution in [-0.2, 0) is 9.84 Å². The van der Waals surface area contributed by atoms with E-state index in [4.69, 9.17) is 0 Å². The minimum Gasteiger partial charge on any atom is -0.310 e. The molecule has 1 aliphatic heterocycles. The van der Waals surface area contributed by atoms with Gasteiger partial charge in [-0.25, -0.2) is 8.42 Å². The smallest absolute Gasteiger partial charge is 0.151 e. The third-order valence-electron chi connectivity index (χ3n) is 2.28. The largest absolute Gasteiger partial charge is 0.310 e. The molecule has 5 heteroatoms. The van der Waals surface area contributed by atoms with Gasteiger partial charge in [-0.3, -0.25) is 0 Å². The highest BCUT2D eigenvalue weighted by Crippen LogP contribution is 2.22. The summed E-state index contributed by atoms with van der Waals surface area (Å²) in [5, 5.41) is 3.33. The molecule has 2 rings (SSSR count). The first kappa shape index (κ1) is 10.3. The van der Waals surface area contributed by atoms with E-state index in [0.717, 1.165) is 6.42 Å². The number of hydrogen-bond donors (Lipinski definition) is 1. The molecule has 0 aromatic rings. The first-order chi connectivity index (χ1) is 5.16. The van der Waals surface area contributed by atoms with Crippen LogP contribution in [0.5, 0.6) is 0 Å². The molecule has 0 radical (unpaired) electrons. The molecule has 0 aromatic carbocycles. The molecule has 1 atom stereocenters.